The molecule has 0 bridgehead atoms. The fourth-order valence-electron chi connectivity index (χ4n) is 4.54. The maximum atomic E-state index is 13.1. The van der Waals surface area contributed by atoms with E-state index in [2.05, 4.69) is 41.2 Å². The lowest BCUT2D eigenvalue weighted by molar-refractivity contribution is 0.0731. The minimum absolute atomic E-state index is 0.0230. The Morgan fingerprint density at radius 2 is 1.91 bits per heavy atom. The average Bonchev–Trinajstić information content (AvgIpc) is 2.82. The molecule has 166 valence electrons. The van der Waals surface area contributed by atoms with Crippen molar-refractivity contribution in [3.8, 4) is 6.07 Å². The number of nitriles is 1. The number of carbonyl (C=O) groups excluding carboxylic acids is 1. The van der Waals surface area contributed by atoms with Crippen molar-refractivity contribution < 1.29 is 4.79 Å². The van der Waals surface area contributed by atoms with Crippen LogP contribution in [-0.2, 0) is 0 Å². The molecule has 0 radical (unpaired) electrons. The number of allylic oxidation sites excluding steroid dienone is 1. The third kappa shape index (κ3) is 5.27. The van der Waals surface area contributed by atoms with Gasteiger partial charge in [0.15, 0.2) is 0 Å². The van der Waals surface area contributed by atoms with Crippen LogP contribution in [0, 0.1) is 17.2 Å². The van der Waals surface area contributed by atoms with Crippen LogP contribution in [0.1, 0.15) is 52.7 Å². The van der Waals surface area contributed by atoms with Gasteiger partial charge in [-0.05, 0) is 42.0 Å². The Kier molecular flexibility index (Phi) is 6.80. The molecule has 0 fully saturated rings. The predicted octanol–water partition coefficient (Wildman–Crippen LogP) is 4.56. The Balaban J connectivity index is 1.63. The largest absolute Gasteiger partial charge is 0.397 e. The summed E-state index contributed by atoms with van der Waals surface area (Å²) in [6.45, 7) is 3.45. The lowest BCUT2D eigenvalue weighted by Gasteiger charge is -2.31. The molecule has 1 amide bonds. The van der Waals surface area contributed by atoms with E-state index in [9.17, 15) is 10.1 Å². The van der Waals surface area contributed by atoms with Crippen molar-refractivity contribution in [1.82, 2.24) is 14.9 Å². The first kappa shape index (κ1) is 22.2. The summed E-state index contributed by atoms with van der Waals surface area (Å²) >= 11 is 0. The molecule has 2 N–H and O–H groups in total. The van der Waals surface area contributed by atoms with Gasteiger partial charge in [0.05, 0.1) is 16.8 Å². The first-order chi connectivity index (χ1) is 16.0. The number of anilines is 1. The fourth-order valence-corrected chi connectivity index (χ4v) is 4.54. The second-order valence-electron chi connectivity index (χ2n) is 8.60. The van der Waals surface area contributed by atoms with Gasteiger partial charge in [0.2, 0.25) is 0 Å². The van der Waals surface area contributed by atoms with E-state index in [0.29, 0.717) is 29.9 Å². The molecule has 2 atom stereocenters. The van der Waals surface area contributed by atoms with E-state index in [1.165, 1.54) is 11.1 Å². The molecule has 3 aromatic rings. The third-order valence-corrected chi connectivity index (χ3v) is 5.94. The molecule has 0 saturated heterocycles. The topological polar surface area (TPSA) is 95.9 Å². The Labute approximate surface area is 194 Å². The number of aromatic nitrogens is 2. The molecular weight excluding hydrogens is 410 g/mol. The molecule has 1 aromatic carbocycles. The maximum Gasteiger partial charge on any atom is 0.255 e. The number of hydrogen-bond donors (Lipinski definition) is 1. The van der Waals surface area contributed by atoms with Gasteiger partial charge in [-0.3, -0.25) is 14.8 Å². The summed E-state index contributed by atoms with van der Waals surface area (Å²) in [4.78, 5) is 23.3. The van der Waals surface area contributed by atoms with E-state index in [4.69, 9.17) is 5.73 Å². The van der Waals surface area contributed by atoms with Gasteiger partial charge in [-0.15, -0.1) is 0 Å². The lowest BCUT2D eigenvalue weighted by Crippen LogP contribution is -2.36. The lowest BCUT2D eigenvalue weighted by atomic mass is 9.80. The highest BCUT2D eigenvalue weighted by Gasteiger charge is 2.26. The zero-order valence-corrected chi connectivity index (χ0v) is 18.7. The number of hydrogen-bond acceptors (Lipinski definition) is 5. The summed E-state index contributed by atoms with van der Waals surface area (Å²) in [5, 5.41) is 9.39. The van der Waals surface area contributed by atoms with Crippen LogP contribution < -0.4 is 5.73 Å². The fraction of sp³-hybridized carbons (Fsp3) is 0.259. The number of carbonyl (C=O) groups is 1. The standard InChI is InChI=1S/C27H27N5O/c1-19-10-22(8-5-9-32(18-19)27(33)24-12-25(29)17-31-16-24)26(21-6-3-2-4-7-21)23-11-20(13-28)14-30-15-23/h2-4,6-8,11-12,14-17,19,26H,5,9-10,18,29H2,1H3/b22-8-/t19-,26-/m1/s1. The van der Waals surface area contributed by atoms with Crippen LogP contribution in [0.4, 0.5) is 5.69 Å². The van der Waals surface area contributed by atoms with Crippen LogP contribution in [0.15, 0.2) is 78.9 Å². The summed E-state index contributed by atoms with van der Waals surface area (Å²) in [7, 11) is 0. The third-order valence-electron chi connectivity index (χ3n) is 5.94. The molecule has 2 aromatic heterocycles. The highest BCUT2D eigenvalue weighted by molar-refractivity contribution is 5.94. The summed E-state index contributed by atoms with van der Waals surface area (Å²) in [6, 6.07) is 16.1. The van der Waals surface area contributed by atoms with Crippen molar-refractivity contribution in [2.24, 2.45) is 5.92 Å². The Morgan fingerprint density at radius 3 is 2.67 bits per heavy atom. The number of nitrogen functional groups attached to an aromatic ring is 1. The number of nitrogens with two attached hydrogens (primary N) is 1. The van der Waals surface area contributed by atoms with Gasteiger partial charge in [-0.2, -0.15) is 5.26 Å². The van der Waals surface area contributed by atoms with Crippen molar-refractivity contribution in [2.45, 2.75) is 25.7 Å². The van der Waals surface area contributed by atoms with Gasteiger partial charge in [0.1, 0.15) is 6.07 Å². The highest BCUT2D eigenvalue weighted by atomic mass is 16.2. The van der Waals surface area contributed by atoms with Gasteiger partial charge >= 0.3 is 0 Å². The zero-order valence-electron chi connectivity index (χ0n) is 18.7. The zero-order chi connectivity index (χ0) is 23.2. The Morgan fingerprint density at radius 1 is 1.12 bits per heavy atom. The van der Waals surface area contributed by atoms with Crippen LogP contribution in [0.3, 0.4) is 0 Å². The molecule has 4 rings (SSSR count). The number of nitrogens with zero attached hydrogens (tertiary/aromatic N) is 4. The predicted molar refractivity (Wildman–Crippen MR) is 128 cm³/mol. The van der Waals surface area contributed by atoms with E-state index in [1.54, 1.807) is 24.7 Å². The summed E-state index contributed by atoms with van der Waals surface area (Å²) < 4.78 is 0. The van der Waals surface area contributed by atoms with Crippen molar-refractivity contribution in [2.75, 3.05) is 18.8 Å². The molecule has 6 heteroatoms. The molecule has 6 nitrogen and oxygen atoms in total. The van der Waals surface area contributed by atoms with Crippen molar-refractivity contribution in [3.05, 3.63) is 101 Å². The van der Waals surface area contributed by atoms with Gasteiger partial charge in [0, 0.05) is 43.8 Å². The quantitative estimate of drug-likeness (QED) is 0.604. The van der Waals surface area contributed by atoms with Crippen molar-refractivity contribution >= 4 is 11.6 Å². The molecule has 0 aliphatic carbocycles. The SMILES string of the molecule is C[C@@H]1C/C([C@@H](c2ccccc2)c2cncc(C#N)c2)=C/CCN(C(=O)c2cncc(N)c2)C1. The highest BCUT2D eigenvalue weighted by Crippen LogP contribution is 2.36. The molecular formula is C27H27N5O. The summed E-state index contributed by atoms with van der Waals surface area (Å²) in [6.07, 6.45) is 10.4. The number of rotatable bonds is 4. The maximum absolute atomic E-state index is 13.1. The van der Waals surface area contributed by atoms with E-state index in [0.717, 1.165) is 18.4 Å². The van der Waals surface area contributed by atoms with E-state index >= 15 is 0 Å². The normalized spacial score (nSPS) is 18.8. The molecule has 1 aliphatic rings. The van der Waals surface area contributed by atoms with Crippen LogP contribution in [-0.4, -0.2) is 33.9 Å². The second-order valence-corrected chi connectivity index (χ2v) is 8.60. The molecule has 1 aliphatic heterocycles. The molecule has 33 heavy (non-hydrogen) atoms. The molecule has 3 heterocycles. The first-order valence-corrected chi connectivity index (χ1v) is 11.1. The molecule has 0 spiro atoms. The van der Waals surface area contributed by atoms with E-state index in [-0.39, 0.29) is 17.7 Å². The Hall–Kier alpha value is -3.98. The number of pyridine rings is 2. The van der Waals surface area contributed by atoms with Gasteiger partial charge in [-0.25, -0.2) is 0 Å². The summed E-state index contributed by atoms with van der Waals surface area (Å²) in [5.74, 6) is 0.242. The first-order valence-electron chi connectivity index (χ1n) is 11.1. The van der Waals surface area contributed by atoms with Gasteiger partial charge in [-0.1, -0.05) is 48.9 Å². The average molecular weight is 438 g/mol. The minimum Gasteiger partial charge on any atom is -0.397 e. The minimum atomic E-state index is -0.0379. The van der Waals surface area contributed by atoms with E-state index < -0.39 is 0 Å². The van der Waals surface area contributed by atoms with Crippen molar-refractivity contribution in [1.29, 1.82) is 5.26 Å². The second kappa shape index (κ2) is 10.1. The van der Waals surface area contributed by atoms with Crippen LogP contribution >= 0.6 is 0 Å². The monoisotopic (exact) mass is 437 g/mol. The van der Waals surface area contributed by atoms with Crippen LogP contribution in [0.2, 0.25) is 0 Å². The van der Waals surface area contributed by atoms with Crippen LogP contribution in [0.25, 0.3) is 0 Å². The van der Waals surface area contributed by atoms with Crippen LogP contribution in [0.5, 0.6) is 0 Å². The smallest absolute Gasteiger partial charge is 0.255 e. The number of amides is 1. The van der Waals surface area contributed by atoms with Gasteiger partial charge < -0.3 is 10.6 Å². The Bertz CT molecular complexity index is 1200. The van der Waals surface area contributed by atoms with Gasteiger partial charge in [0.25, 0.3) is 5.91 Å². The van der Waals surface area contributed by atoms with Crippen molar-refractivity contribution in [3.63, 3.8) is 0 Å². The molecule has 0 saturated carbocycles. The van der Waals surface area contributed by atoms with E-state index in [1.807, 2.05) is 35.4 Å². The summed E-state index contributed by atoms with van der Waals surface area (Å²) in [5.41, 5.74) is 10.9. The number of benzene rings is 1. The molecule has 0 unspecified atom stereocenters.